The highest BCUT2D eigenvalue weighted by molar-refractivity contribution is 14.1. The molecular weight excluding hydrogens is 375 g/mol. The maximum absolute atomic E-state index is 8.49. The first-order valence-electron chi connectivity index (χ1n) is 6.72. The molecule has 1 N–H and O–H groups in total. The minimum atomic E-state index is 0.0783. The Bertz CT molecular complexity index is 647. The Labute approximate surface area is 139 Å². The van der Waals surface area contributed by atoms with Gasteiger partial charge < -0.3 is 10.1 Å². The fourth-order valence-corrected chi connectivity index (χ4v) is 2.50. The SMILES string of the molecule is Cc1ccc(NC(C)c2ccc(OCC#N)cc2)cc1I. The molecule has 108 valence electrons. The van der Waals surface area contributed by atoms with E-state index in [0.29, 0.717) is 0 Å². The molecule has 2 rings (SSSR count). The second-order valence-corrected chi connectivity index (χ2v) is 6.01. The minimum Gasteiger partial charge on any atom is -0.479 e. The minimum absolute atomic E-state index is 0.0783. The van der Waals surface area contributed by atoms with Gasteiger partial charge in [-0.1, -0.05) is 18.2 Å². The summed E-state index contributed by atoms with van der Waals surface area (Å²) in [5.74, 6) is 0.720. The first-order valence-corrected chi connectivity index (χ1v) is 7.80. The number of nitrogens with one attached hydrogen (secondary N) is 1. The maximum atomic E-state index is 8.49. The van der Waals surface area contributed by atoms with Gasteiger partial charge in [0, 0.05) is 15.3 Å². The molecule has 1 atom stereocenters. The molecule has 0 amide bonds. The first-order chi connectivity index (χ1) is 10.1. The van der Waals surface area contributed by atoms with Crippen LogP contribution in [0.15, 0.2) is 42.5 Å². The fraction of sp³-hybridized carbons (Fsp3) is 0.235. The van der Waals surface area contributed by atoms with Gasteiger partial charge in [0.05, 0.1) is 0 Å². The number of hydrogen-bond donors (Lipinski definition) is 1. The van der Waals surface area contributed by atoms with E-state index in [0.717, 1.165) is 11.4 Å². The predicted octanol–water partition coefficient (Wildman–Crippen LogP) is 4.68. The van der Waals surface area contributed by atoms with Gasteiger partial charge >= 0.3 is 0 Å². The summed E-state index contributed by atoms with van der Waals surface area (Å²) in [5.41, 5.74) is 3.57. The van der Waals surface area contributed by atoms with Gasteiger partial charge in [-0.15, -0.1) is 0 Å². The third-order valence-electron chi connectivity index (χ3n) is 3.24. The molecule has 0 radical (unpaired) electrons. The lowest BCUT2D eigenvalue weighted by atomic mass is 10.1. The van der Waals surface area contributed by atoms with Crippen molar-refractivity contribution in [1.82, 2.24) is 0 Å². The second-order valence-electron chi connectivity index (χ2n) is 4.85. The van der Waals surface area contributed by atoms with Gasteiger partial charge in [-0.2, -0.15) is 5.26 Å². The summed E-state index contributed by atoms with van der Waals surface area (Å²) in [6.45, 7) is 4.31. The van der Waals surface area contributed by atoms with E-state index in [2.05, 4.69) is 60.0 Å². The molecule has 0 aliphatic heterocycles. The quantitative estimate of drug-likeness (QED) is 0.752. The Morgan fingerprint density at radius 1 is 1.24 bits per heavy atom. The molecule has 0 aromatic heterocycles. The molecule has 0 fully saturated rings. The molecule has 3 nitrogen and oxygen atoms in total. The summed E-state index contributed by atoms with van der Waals surface area (Å²) in [6, 6.07) is 16.3. The summed E-state index contributed by atoms with van der Waals surface area (Å²) >= 11 is 2.35. The van der Waals surface area contributed by atoms with Gasteiger partial charge in [0.15, 0.2) is 6.61 Å². The van der Waals surface area contributed by atoms with Crippen LogP contribution in [0.2, 0.25) is 0 Å². The Kier molecular flexibility index (Phi) is 5.45. The molecule has 21 heavy (non-hydrogen) atoms. The summed E-state index contributed by atoms with van der Waals surface area (Å²) < 4.78 is 6.51. The van der Waals surface area contributed by atoms with Crippen molar-refractivity contribution in [3.05, 3.63) is 57.2 Å². The van der Waals surface area contributed by atoms with Gasteiger partial charge in [-0.3, -0.25) is 0 Å². The molecule has 4 heteroatoms. The van der Waals surface area contributed by atoms with Gasteiger partial charge in [0.1, 0.15) is 11.8 Å². The summed E-state index contributed by atoms with van der Waals surface area (Å²) in [5, 5.41) is 12.0. The smallest absolute Gasteiger partial charge is 0.174 e. The second kappa shape index (κ2) is 7.32. The van der Waals surface area contributed by atoms with Crippen LogP contribution >= 0.6 is 22.6 Å². The van der Waals surface area contributed by atoms with Crippen LogP contribution in [0.5, 0.6) is 5.75 Å². The van der Waals surface area contributed by atoms with Crippen molar-refractivity contribution < 1.29 is 4.74 Å². The Morgan fingerprint density at radius 2 is 1.95 bits per heavy atom. The zero-order valence-corrected chi connectivity index (χ0v) is 14.2. The van der Waals surface area contributed by atoms with Crippen LogP contribution in [0.4, 0.5) is 5.69 Å². The Hall–Kier alpha value is -1.74. The highest BCUT2D eigenvalue weighted by atomic mass is 127. The predicted molar refractivity (Wildman–Crippen MR) is 93.5 cm³/mol. The standard InChI is InChI=1S/C17H17IN2O/c1-12-3-6-15(11-17(12)18)20-13(2)14-4-7-16(8-5-14)21-10-9-19/h3-8,11,13,20H,10H2,1-2H3. The van der Waals surface area contributed by atoms with Crippen molar-refractivity contribution in [2.75, 3.05) is 11.9 Å². The third-order valence-corrected chi connectivity index (χ3v) is 4.40. The van der Waals surface area contributed by atoms with Crippen molar-refractivity contribution >= 4 is 28.3 Å². The van der Waals surface area contributed by atoms with Crippen LogP contribution < -0.4 is 10.1 Å². The monoisotopic (exact) mass is 392 g/mol. The molecule has 0 heterocycles. The molecule has 2 aromatic rings. The molecule has 0 spiro atoms. The normalized spacial score (nSPS) is 11.5. The molecule has 1 unspecified atom stereocenters. The molecule has 2 aromatic carbocycles. The highest BCUT2D eigenvalue weighted by Crippen LogP contribution is 2.23. The number of aryl methyl sites for hydroxylation is 1. The lowest BCUT2D eigenvalue weighted by molar-refractivity contribution is 0.368. The molecule has 0 saturated carbocycles. The van der Waals surface area contributed by atoms with Crippen molar-refractivity contribution in [2.24, 2.45) is 0 Å². The fourth-order valence-electron chi connectivity index (χ4n) is 1.98. The van der Waals surface area contributed by atoms with Crippen molar-refractivity contribution in [1.29, 1.82) is 5.26 Å². The zero-order valence-electron chi connectivity index (χ0n) is 12.1. The van der Waals surface area contributed by atoms with E-state index in [9.17, 15) is 0 Å². The van der Waals surface area contributed by atoms with E-state index in [1.54, 1.807) is 0 Å². The summed E-state index contributed by atoms with van der Waals surface area (Å²) in [6.07, 6.45) is 0. The average molecular weight is 392 g/mol. The molecular formula is C17H17IN2O. The third kappa shape index (κ3) is 4.36. The average Bonchev–Trinajstić information content (AvgIpc) is 2.49. The molecule has 0 aliphatic carbocycles. The maximum Gasteiger partial charge on any atom is 0.174 e. The number of anilines is 1. The number of nitrogens with zero attached hydrogens (tertiary/aromatic N) is 1. The lowest BCUT2D eigenvalue weighted by Crippen LogP contribution is -2.07. The van der Waals surface area contributed by atoms with Gasteiger partial charge in [-0.25, -0.2) is 0 Å². The van der Waals surface area contributed by atoms with Crippen LogP contribution in [0.1, 0.15) is 24.1 Å². The lowest BCUT2D eigenvalue weighted by Gasteiger charge is -2.17. The van der Waals surface area contributed by atoms with E-state index >= 15 is 0 Å². The first kappa shape index (κ1) is 15.6. The van der Waals surface area contributed by atoms with Crippen LogP contribution in [-0.4, -0.2) is 6.61 Å². The van der Waals surface area contributed by atoms with Gasteiger partial charge in [0.2, 0.25) is 0 Å². The van der Waals surface area contributed by atoms with Crippen LogP contribution in [0.25, 0.3) is 0 Å². The van der Waals surface area contributed by atoms with E-state index in [1.165, 1.54) is 14.7 Å². The van der Waals surface area contributed by atoms with Crippen molar-refractivity contribution in [3.63, 3.8) is 0 Å². The topological polar surface area (TPSA) is 45.0 Å². The highest BCUT2D eigenvalue weighted by Gasteiger charge is 2.06. The van der Waals surface area contributed by atoms with Gasteiger partial charge in [-0.05, 0) is 71.8 Å². The molecule has 0 aliphatic rings. The van der Waals surface area contributed by atoms with E-state index in [4.69, 9.17) is 10.00 Å². The summed E-state index contributed by atoms with van der Waals surface area (Å²) in [7, 11) is 0. The van der Waals surface area contributed by atoms with E-state index in [-0.39, 0.29) is 12.6 Å². The van der Waals surface area contributed by atoms with Gasteiger partial charge in [0.25, 0.3) is 0 Å². The van der Waals surface area contributed by atoms with Crippen molar-refractivity contribution in [3.8, 4) is 11.8 Å². The number of halogens is 1. The Morgan fingerprint density at radius 3 is 2.57 bits per heavy atom. The van der Waals surface area contributed by atoms with Crippen LogP contribution in [0, 0.1) is 21.8 Å². The van der Waals surface area contributed by atoms with Crippen LogP contribution in [-0.2, 0) is 0 Å². The van der Waals surface area contributed by atoms with Crippen LogP contribution in [0.3, 0.4) is 0 Å². The summed E-state index contributed by atoms with van der Waals surface area (Å²) in [4.78, 5) is 0. The Balaban J connectivity index is 2.04. The number of rotatable bonds is 5. The number of benzene rings is 2. The largest absolute Gasteiger partial charge is 0.479 e. The van der Waals surface area contributed by atoms with E-state index in [1.807, 2.05) is 30.3 Å². The molecule has 0 bridgehead atoms. The number of nitriles is 1. The number of hydrogen-bond acceptors (Lipinski definition) is 3. The number of ether oxygens (including phenoxy) is 1. The van der Waals surface area contributed by atoms with Crippen molar-refractivity contribution in [2.45, 2.75) is 19.9 Å². The molecule has 0 saturated heterocycles. The zero-order chi connectivity index (χ0) is 15.2. The van der Waals surface area contributed by atoms with E-state index < -0.39 is 0 Å².